The van der Waals surface area contributed by atoms with Crippen LogP contribution in [0.3, 0.4) is 0 Å². The highest BCUT2D eigenvalue weighted by Gasteiger charge is 2.62. The minimum absolute atomic E-state index is 0.00186. The number of nitrogens with one attached hydrogen (secondary N) is 3. The highest BCUT2D eigenvalue weighted by Crippen LogP contribution is 2.45. The highest BCUT2D eigenvalue weighted by atomic mass is 32.2. The summed E-state index contributed by atoms with van der Waals surface area (Å²) in [5.41, 5.74) is -1.19. The number of hydrogen-bond acceptors (Lipinski definition) is 9. The van der Waals surface area contributed by atoms with Crippen molar-refractivity contribution in [3.05, 3.63) is 48.7 Å². The summed E-state index contributed by atoms with van der Waals surface area (Å²) < 4.78 is 39.3. The molecule has 5 atom stereocenters. The maximum atomic E-state index is 14.4. The number of fused-ring (bicyclic) bond motifs is 3. The Morgan fingerprint density at radius 2 is 1.92 bits per heavy atom. The first-order valence-corrected chi connectivity index (χ1v) is 18.6. The summed E-state index contributed by atoms with van der Waals surface area (Å²) in [4.78, 5) is 60.8. The van der Waals surface area contributed by atoms with E-state index in [-0.39, 0.29) is 26.0 Å². The number of aryl methyl sites for hydroxylation is 1. The Morgan fingerprint density at radius 1 is 1.14 bits per heavy atom. The molecule has 2 aromatic rings. The van der Waals surface area contributed by atoms with Crippen molar-refractivity contribution in [2.75, 3.05) is 13.2 Å². The number of carbonyl (C=O) groups is 4. The van der Waals surface area contributed by atoms with E-state index >= 15 is 0 Å². The molecule has 2 saturated carbocycles. The number of nitrogens with zero attached hydrogens (tertiary/aromatic N) is 2. The number of hydrogen-bond donors (Lipinski definition) is 3. The van der Waals surface area contributed by atoms with Crippen LogP contribution in [0.25, 0.3) is 10.8 Å². The van der Waals surface area contributed by atoms with Crippen molar-refractivity contribution in [2.45, 2.75) is 101 Å². The predicted octanol–water partition coefficient (Wildman–Crippen LogP) is 3.12. The third kappa shape index (κ3) is 7.38. The number of benzene rings is 1. The van der Waals surface area contributed by atoms with Gasteiger partial charge < -0.3 is 25.0 Å². The lowest BCUT2D eigenvalue weighted by molar-refractivity contribution is -0.142. The third-order valence-corrected chi connectivity index (χ3v) is 11.7. The van der Waals surface area contributed by atoms with Gasteiger partial charge in [-0.3, -0.25) is 19.1 Å². The number of rotatable bonds is 6. The fourth-order valence-corrected chi connectivity index (χ4v) is 8.10. The standard InChI is InChI=1S/C35H45N5O8S/c1-5-23-19-35(23,32(43)39-49(45,46)25-12-13-25)38-29(41)27-18-24-20-40(27)31(42)28(34(2,3)4)37-33(44)47-16-8-6-7-9-21-10-11-22-14-15-36-30(48-24)26(22)17-21/h5,10-11,14-15,17,23-25,27-28H,1,6-9,12-13,16,18-20H2,2-4H3,(H,37,44)(H,38,41)(H,39,43)/t23-,24+,27+,28-,35-/m1/s1. The van der Waals surface area contributed by atoms with E-state index in [0.717, 1.165) is 35.6 Å². The van der Waals surface area contributed by atoms with Gasteiger partial charge in [-0.15, -0.1) is 6.58 Å². The van der Waals surface area contributed by atoms with E-state index in [9.17, 15) is 27.6 Å². The number of aromatic nitrogens is 1. The van der Waals surface area contributed by atoms with Crippen LogP contribution in [0.2, 0.25) is 0 Å². The van der Waals surface area contributed by atoms with E-state index in [1.54, 1.807) is 27.0 Å². The fourth-order valence-electron chi connectivity index (χ4n) is 6.74. The number of amides is 4. The van der Waals surface area contributed by atoms with Gasteiger partial charge in [0.1, 0.15) is 23.7 Å². The Hall–Kier alpha value is -4.20. The van der Waals surface area contributed by atoms with Crippen LogP contribution in [0.4, 0.5) is 4.79 Å². The SMILES string of the molecule is C=C[C@@H]1C[C@]1(NC(=O)[C@@H]1C[C@H]2CN1C(=O)[C@H](C(C)(C)C)NC(=O)OCCCCCc1ccc3ccnc(c3c1)O2)C(=O)NS(=O)(=O)C1CC1. The summed E-state index contributed by atoms with van der Waals surface area (Å²) in [6.45, 7) is 9.37. The van der Waals surface area contributed by atoms with E-state index < -0.39 is 74.1 Å². The summed E-state index contributed by atoms with van der Waals surface area (Å²) in [5.74, 6) is -2.11. The van der Waals surface area contributed by atoms with Crippen LogP contribution in [-0.2, 0) is 35.6 Å². The van der Waals surface area contributed by atoms with Crippen LogP contribution >= 0.6 is 0 Å². The van der Waals surface area contributed by atoms with Gasteiger partial charge in [0.15, 0.2) is 0 Å². The number of cyclic esters (lactones) is 1. The maximum absolute atomic E-state index is 14.4. The quantitative estimate of drug-likeness (QED) is 0.384. The van der Waals surface area contributed by atoms with Crippen molar-refractivity contribution in [3.8, 4) is 5.88 Å². The van der Waals surface area contributed by atoms with Crippen LogP contribution < -0.4 is 20.1 Å². The number of pyridine rings is 1. The topological polar surface area (TPSA) is 173 Å². The molecule has 0 spiro atoms. The molecule has 0 unspecified atom stereocenters. The van der Waals surface area contributed by atoms with Crippen molar-refractivity contribution < 1.29 is 37.1 Å². The second kappa shape index (κ2) is 13.3. The van der Waals surface area contributed by atoms with Crippen molar-refractivity contribution in [3.63, 3.8) is 0 Å². The lowest BCUT2D eigenvalue weighted by atomic mass is 9.85. The van der Waals surface area contributed by atoms with Gasteiger partial charge in [-0.25, -0.2) is 18.2 Å². The number of ether oxygens (including phenoxy) is 2. The van der Waals surface area contributed by atoms with Gasteiger partial charge in [0.2, 0.25) is 27.7 Å². The lowest BCUT2D eigenvalue weighted by Gasteiger charge is -2.35. The van der Waals surface area contributed by atoms with Crippen molar-refractivity contribution in [2.24, 2.45) is 11.3 Å². The number of sulfonamides is 1. The summed E-state index contributed by atoms with van der Waals surface area (Å²) >= 11 is 0. The Bertz CT molecular complexity index is 1770. The Balaban J connectivity index is 1.32. The summed E-state index contributed by atoms with van der Waals surface area (Å²) in [6, 6.07) is 5.85. The molecule has 4 amide bonds. The molecule has 2 aliphatic carbocycles. The minimum Gasteiger partial charge on any atom is -0.472 e. The number of carbonyl (C=O) groups excluding carboxylic acids is 4. The zero-order valence-corrected chi connectivity index (χ0v) is 29.0. The van der Waals surface area contributed by atoms with Gasteiger partial charge >= 0.3 is 6.09 Å². The third-order valence-electron chi connectivity index (χ3n) is 9.89. The molecule has 2 aliphatic heterocycles. The first kappa shape index (κ1) is 34.7. The zero-order valence-electron chi connectivity index (χ0n) is 28.2. The molecule has 1 saturated heterocycles. The van der Waals surface area contributed by atoms with Crippen LogP contribution in [-0.4, -0.2) is 84.2 Å². The first-order chi connectivity index (χ1) is 23.2. The monoisotopic (exact) mass is 695 g/mol. The molecule has 4 bridgehead atoms. The average Bonchev–Trinajstić information content (AvgIpc) is 3.97. The molecule has 4 aliphatic rings. The van der Waals surface area contributed by atoms with Crippen LogP contribution in [0, 0.1) is 11.3 Å². The molecule has 3 N–H and O–H groups in total. The van der Waals surface area contributed by atoms with E-state index in [4.69, 9.17) is 9.47 Å². The van der Waals surface area contributed by atoms with Gasteiger partial charge in [-0.2, -0.15) is 0 Å². The van der Waals surface area contributed by atoms with Gasteiger partial charge in [0, 0.05) is 23.9 Å². The Labute approximate surface area is 286 Å². The molecule has 0 radical (unpaired) electrons. The molecule has 14 heteroatoms. The molecule has 3 heterocycles. The fraction of sp³-hybridized carbons (Fsp3) is 0.571. The zero-order chi connectivity index (χ0) is 35.1. The van der Waals surface area contributed by atoms with Gasteiger partial charge in [0.25, 0.3) is 5.91 Å². The maximum Gasteiger partial charge on any atom is 0.407 e. The summed E-state index contributed by atoms with van der Waals surface area (Å²) in [5, 5.41) is 6.65. The molecular formula is C35H45N5O8S. The largest absolute Gasteiger partial charge is 0.472 e. The predicted molar refractivity (Wildman–Crippen MR) is 181 cm³/mol. The smallest absolute Gasteiger partial charge is 0.407 e. The van der Waals surface area contributed by atoms with E-state index in [0.29, 0.717) is 25.1 Å². The van der Waals surface area contributed by atoms with Crippen molar-refractivity contribution in [1.29, 1.82) is 0 Å². The van der Waals surface area contributed by atoms with E-state index in [1.165, 1.54) is 11.0 Å². The molecular weight excluding hydrogens is 650 g/mol. The summed E-state index contributed by atoms with van der Waals surface area (Å²) in [6.07, 6.45) is 6.14. The van der Waals surface area contributed by atoms with Gasteiger partial charge in [-0.1, -0.05) is 39.0 Å². The number of alkyl carbamates (subject to hydrolysis) is 1. The van der Waals surface area contributed by atoms with Gasteiger partial charge in [-0.05, 0) is 73.4 Å². The first-order valence-electron chi connectivity index (χ1n) is 17.0. The molecule has 6 rings (SSSR count). The normalized spacial score (nSPS) is 28.0. The summed E-state index contributed by atoms with van der Waals surface area (Å²) in [7, 11) is -3.88. The highest BCUT2D eigenvalue weighted by molar-refractivity contribution is 7.91. The minimum atomic E-state index is -3.88. The molecule has 49 heavy (non-hydrogen) atoms. The van der Waals surface area contributed by atoms with Gasteiger partial charge in [0.05, 0.1) is 18.4 Å². The van der Waals surface area contributed by atoms with Crippen molar-refractivity contribution >= 4 is 44.6 Å². The Morgan fingerprint density at radius 3 is 2.61 bits per heavy atom. The molecule has 3 fully saturated rings. The Kier molecular flexibility index (Phi) is 9.38. The molecule has 13 nitrogen and oxygen atoms in total. The van der Waals surface area contributed by atoms with E-state index in [2.05, 4.69) is 33.0 Å². The average molecular weight is 696 g/mol. The molecule has 264 valence electrons. The second-order valence-corrected chi connectivity index (χ2v) is 16.7. The van der Waals surface area contributed by atoms with Crippen molar-refractivity contribution in [1.82, 2.24) is 25.2 Å². The van der Waals surface area contributed by atoms with Crippen LogP contribution in [0.5, 0.6) is 5.88 Å². The molecule has 1 aromatic heterocycles. The lowest BCUT2D eigenvalue weighted by Crippen LogP contribution is -2.60. The molecule has 1 aromatic carbocycles. The van der Waals surface area contributed by atoms with E-state index in [1.807, 2.05) is 18.2 Å². The van der Waals surface area contributed by atoms with Crippen LogP contribution in [0.1, 0.15) is 71.3 Å². The second-order valence-electron chi connectivity index (χ2n) is 14.7. The van der Waals surface area contributed by atoms with Crippen LogP contribution in [0.15, 0.2) is 43.1 Å².